The van der Waals surface area contributed by atoms with Crippen molar-refractivity contribution in [3.63, 3.8) is 0 Å². The van der Waals surface area contributed by atoms with Crippen molar-refractivity contribution < 1.29 is 14.3 Å². The molecule has 0 saturated heterocycles. The lowest BCUT2D eigenvalue weighted by Crippen LogP contribution is -2.12. The number of furan rings is 1. The van der Waals surface area contributed by atoms with Crippen molar-refractivity contribution in [3.05, 3.63) is 39.2 Å². The van der Waals surface area contributed by atoms with Gasteiger partial charge in [-0.1, -0.05) is 0 Å². The zero-order valence-electron chi connectivity index (χ0n) is 10.2. The molecule has 96 valence electrons. The molecular weight excluding hydrogens is 252 g/mol. The zero-order chi connectivity index (χ0) is 13.1. The highest BCUT2D eigenvalue weighted by molar-refractivity contribution is 7.09. The van der Waals surface area contributed by atoms with Crippen LogP contribution in [0.4, 0.5) is 0 Å². The molecule has 0 amide bonds. The third-order valence-electron chi connectivity index (χ3n) is 2.43. The molecule has 0 fully saturated rings. The third kappa shape index (κ3) is 2.96. The van der Waals surface area contributed by atoms with Crippen LogP contribution in [0, 0.1) is 13.8 Å². The molecule has 2 heterocycles. The quantitative estimate of drug-likeness (QED) is 0.868. The number of carbonyl (C=O) groups is 1. The van der Waals surface area contributed by atoms with E-state index in [-0.39, 0.29) is 5.76 Å². The van der Waals surface area contributed by atoms with E-state index in [2.05, 4.69) is 10.3 Å². The van der Waals surface area contributed by atoms with Crippen molar-refractivity contribution in [1.29, 1.82) is 0 Å². The molecule has 0 atom stereocenters. The summed E-state index contributed by atoms with van der Waals surface area (Å²) >= 11 is 1.61. The Bertz CT molecular complexity index is 559. The van der Waals surface area contributed by atoms with E-state index in [1.54, 1.807) is 24.3 Å². The minimum absolute atomic E-state index is 0.0105. The highest BCUT2D eigenvalue weighted by Crippen LogP contribution is 2.14. The van der Waals surface area contributed by atoms with Crippen molar-refractivity contribution in [1.82, 2.24) is 10.3 Å². The first-order valence-electron chi connectivity index (χ1n) is 5.50. The number of nitrogens with zero attached hydrogens (tertiary/aromatic N) is 1. The second-order valence-electron chi connectivity index (χ2n) is 3.99. The van der Waals surface area contributed by atoms with E-state index in [1.807, 2.05) is 12.3 Å². The molecule has 0 saturated carbocycles. The molecule has 0 radical (unpaired) electrons. The fraction of sp³-hybridized carbons (Fsp3) is 0.333. The Kier molecular flexibility index (Phi) is 3.78. The van der Waals surface area contributed by atoms with Gasteiger partial charge in [-0.2, -0.15) is 0 Å². The Hall–Kier alpha value is -1.66. The van der Waals surface area contributed by atoms with Crippen LogP contribution < -0.4 is 5.32 Å². The molecule has 2 aromatic rings. The Morgan fingerprint density at radius 3 is 2.83 bits per heavy atom. The number of aromatic carboxylic acids is 1. The van der Waals surface area contributed by atoms with E-state index in [9.17, 15) is 4.79 Å². The van der Waals surface area contributed by atoms with Gasteiger partial charge >= 0.3 is 5.97 Å². The van der Waals surface area contributed by atoms with Crippen molar-refractivity contribution in [2.75, 3.05) is 0 Å². The van der Waals surface area contributed by atoms with Gasteiger partial charge in [0, 0.05) is 17.5 Å². The van der Waals surface area contributed by atoms with E-state index in [4.69, 9.17) is 9.52 Å². The molecule has 2 aromatic heterocycles. The number of carboxylic acids is 1. The van der Waals surface area contributed by atoms with Crippen LogP contribution >= 0.6 is 11.3 Å². The first kappa shape index (κ1) is 12.8. The SMILES string of the molecule is Cc1nc(CNCc2cc(C)c(C(=O)O)o2)cs1. The minimum atomic E-state index is -1.03. The summed E-state index contributed by atoms with van der Waals surface area (Å²) in [6, 6.07) is 1.74. The number of aromatic nitrogens is 1. The minimum Gasteiger partial charge on any atom is -0.475 e. The second-order valence-corrected chi connectivity index (χ2v) is 5.05. The summed E-state index contributed by atoms with van der Waals surface area (Å²) in [7, 11) is 0. The van der Waals surface area contributed by atoms with Crippen LogP contribution in [0.1, 0.15) is 32.6 Å². The van der Waals surface area contributed by atoms with Crippen molar-refractivity contribution >= 4 is 17.3 Å². The Morgan fingerprint density at radius 1 is 1.50 bits per heavy atom. The third-order valence-corrected chi connectivity index (χ3v) is 3.26. The molecule has 0 unspecified atom stereocenters. The van der Waals surface area contributed by atoms with Crippen molar-refractivity contribution in [2.45, 2.75) is 26.9 Å². The summed E-state index contributed by atoms with van der Waals surface area (Å²) in [5, 5.41) is 15.1. The molecule has 6 heteroatoms. The predicted molar refractivity (Wildman–Crippen MR) is 67.8 cm³/mol. The van der Waals surface area contributed by atoms with E-state index >= 15 is 0 Å². The van der Waals surface area contributed by atoms with Crippen LogP contribution in [0.5, 0.6) is 0 Å². The van der Waals surface area contributed by atoms with E-state index in [0.29, 0.717) is 24.4 Å². The van der Waals surface area contributed by atoms with Crippen molar-refractivity contribution in [3.8, 4) is 0 Å². The normalized spacial score (nSPS) is 10.8. The monoisotopic (exact) mass is 266 g/mol. The smallest absolute Gasteiger partial charge is 0.372 e. The lowest BCUT2D eigenvalue weighted by atomic mass is 10.2. The average molecular weight is 266 g/mol. The zero-order valence-corrected chi connectivity index (χ0v) is 11.0. The fourth-order valence-electron chi connectivity index (χ4n) is 1.65. The van der Waals surface area contributed by atoms with Crippen LogP contribution in [-0.4, -0.2) is 16.1 Å². The number of rotatable bonds is 5. The standard InChI is InChI=1S/C12H14N2O3S/c1-7-3-10(17-11(7)12(15)16)5-13-4-9-6-18-8(2)14-9/h3,6,13H,4-5H2,1-2H3,(H,15,16). The van der Waals surface area contributed by atoms with Crippen LogP contribution in [0.3, 0.4) is 0 Å². The van der Waals surface area contributed by atoms with E-state index in [0.717, 1.165) is 10.7 Å². The predicted octanol–water partition coefficient (Wildman–Crippen LogP) is 2.34. The van der Waals surface area contributed by atoms with Gasteiger partial charge in [-0.3, -0.25) is 0 Å². The van der Waals surface area contributed by atoms with Gasteiger partial charge in [-0.15, -0.1) is 11.3 Å². The van der Waals surface area contributed by atoms with Gasteiger partial charge in [-0.05, 0) is 19.9 Å². The topological polar surface area (TPSA) is 75.4 Å². The maximum absolute atomic E-state index is 10.8. The average Bonchev–Trinajstić information content (AvgIpc) is 2.85. The molecule has 0 aliphatic carbocycles. The Balaban J connectivity index is 1.90. The second kappa shape index (κ2) is 5.32. The molecular formula is C12H14N2O3S. The molecule has 0 spiro atoms. The summed E-state index contributed by atoms with van der Waals surface area (Å²) in [4.78, 5) is 15.1. The molecule has 5 nitrogen and oxygen atoms in total. The largest absolute Gasteiger partial charge is 0.475 e. The highest BCUT2D eigenvalue weighted by atomic mass is 32.1. The molecule has 0 bridgehead atoms. The lowest BCUT2D eigenvalue weighted by Gasteiger charge is -1.99. The molecule has 0 aliphatic heterocycles. The number of aryl methyl sites for hydroxylation is 2. The van der Waals surface area contributed by atoms with Crippen molar-refractivity contribution in [2.24, 2.45) is 0 Å². The van der Waals surface area contributed by atoms with Crippen LogP contribution in [0.2, 0.25) is 0 Å². The molecule has 2 rings (SSSR count). The lowest BCUT2D eigenvalue weighted by molar-refractivity contribution is 0.0659. The van der Waals surface area contributed by atoms with E-state index < -0.39 is 5.97 Å². The number of hydrogen-bond donors (Lipinski definition) is 2. The van der Waals surface area contributed by atoms with E-state index in [1.165, 1.54) is 0 Å². The molecule has 0 aliphatic rings. The number of carboxylic acid groups (broad SMARTS) is 1. The van der Waals surface area contributed by atoms with Crippen LogP contribution in [-0.2, 0) is 13.1 Å². The van der Waals surface area contributed by atoms with Crippen LogP contribution in [0.25, 0.3) is 0 Å². The van der Waals surface area contributed by atoms with Gasteiger partial charge in [0.2, 0.25) is 5.76 Å². The number of thiazole rings is 1. The van der Waals surface area contributed by atoms with Gasteiger partial charge in [0.1, 0.15) is 5.76 Å². The van der Waals surface area contributed by atoms with Gasteiger partial charge in [-0.25, -0.2) is 9.78 Å². The number of hydrogen-bond acceptors (Lipinski definition) is 5. The molecule has 18 heavy (non-hydrogen) atoms. The summed E-state index contributed by atoms with van der Waals surface area (Å²) in [6.45, 7) is 4.82. The number of nitrogens with one attached hydrogen (secondary N) is 1. The summed E-state index contributed by atoms with van der Waals surface area (Å²) < 4.78 is 5.24. The van der Waals surface area contributed by atoms with Gasteiger partial charge in [0.25, 0.3) is 0 Å². The summed E-state index contributed by atoms with van der Waals surface area (Å²) in [5.74, 6) is -0.401. The van der Waals surface area contributed by atoms with Crippen LogP contribution in [0.15, 0.2) is 15.9 Å². The van der Waals surface area contributed by atoms with Gasteiger partial charge in [0.15, 0.2) is 0 Å². The fourth-order valence-corrected chi connectivity index (χ4v) is 2.26. The molecule has 0 aromatic carbocycles. The molecule has 2 N–H and O–H groups in total. The van der Waals surface area contributed by atoms with Gasteiger partial charge < -0.3 is 14.8 Å². The first-order valence-corrected chi connectivity index (χ1v) is 6.38. The Morgan fingerprint density at radius 2 is 2.28 bits per heavy atom. The maximum atomic E-state index is 10.8. The Labute approximate surface area is 108 Å². The highest BCUT2D eigenvalue weighted by Gasteiger charge is 2.13. The summed E-state index contributed by atoms with van der Waals surface area (Å²) in [6.07, 6.45) is 0. The first-order chi connectivity index (χ1) is 8.56. The maximum Gasteiger partial charge on any atom is 0.372 e. The summed E-state index contributed by atoms with van der Waals surface area (Å²) in [5.41, 5.74) is 1.63. The van der Waals surface area contributed by atoms with Gasteiger partial charge in [0.05, 0.1) is 17.2 Å².